The molecule has 6 aromatic rings. The molecule has 0 aliphatic heterocycles. The summed E-state index contributed by atoms with van der Waals surface area (Å²) >= 11 is 0. The molecule has 0 bridgehead atoms. The van der Waals surface area contributed by atoms with Crippen LogP contribution in [0.1, 0.15) is 23.6 Å². The first kappa shape index (κ1) is 25.9. The van der Waals surface area contributed by atoms with E-state index >= 15 is 0 Å². The van der Waals surface area contributed by atoms with Crippen LogP contribution in [0.4, 0.5) is 0 Å². The molecule has 2 nitrogen and oxygen atoms in total. The third-order valence-corrected chi connectivity index (χ3v) is 7.22. The fraction of sp³-hybridized carbons (Fsp3) is 0.0256. The molecule has 6 rings (SSSR count). The van der Waals surface area contributed by atoms with Gasteiger partial charge in [0.2, 0.25) is 0 Å². The van der Waals surface area contributed by atoms with Crippen molar-refractivity contribution in [2.45, 2.75) is 6.92 Å². The minimum Gasteiger partial charge on any atom is -0.233 e. The Balaban J connectivity index is 1.39. The second-order valence-electron chi connectivity index (χ2n) is 9.99. The van der Waals surface area contributed by atoms with Gasteiger partial charge in [-0.2, -0.15) is 0 Å². The second kappa shape index (κ2) is 11.8. The summed E-state index contributed by atoms with van der Waals surface area (Å²) in [5, 5.41) is 4.84. The Labute approximate surface area is 241 Å². The number of hydrogen-bond acceptors (Lipinski definition) is 1. The molecular weight excluding hydrogens is 496 g/mol. The van der Waals surface area contributed by atoms with E-state index < -0.39 is 0 Å². The molecule has 0 atom stereocenters. The molecule has 0 aliphatic carbocycles. The lowest BCUT2D eigenvalue weighted by molar-refractivity contribution is 1.44. The van der Waals surface area contributed by atoms with Crippen LogP contribution in [0.5, 0.6) is 0 Å². The van der Waals surface area contributed by atoms with Crippen molar-refractivity contribution in [1.29, 1.82) is 0 Å². The van der Waals surface area contributed by atoms with Crippen LogP contribution in [0.2, 0.25) is 0 Å². The molecule has 0 radical (unpaired) electrons. The lowest BCUT2D eigenvalue weighted by Gasteiger charge is -2.10. The highest BCUT2D eigenvalue weighted by Crippen LogP contribution is 2.30. The second-order valence-corrected chi connectivity index (χ2v) is 9.99. The zero-order valence-corrected chi connectivity index (χ0v) is 23.0. The fourth-order valence-electron chi connectivity index (χ4n) is 5.02. The van der Waals surface area contributed by atoms with Gasteiger partial charge in [0.15, 0.2) is 5.84 Å². The summed E-state index contributed by atoms with van der Waals surface area (Å²) in [5.41, 5.74) is 7.17. The molecule has 0 heterocycles. The summed E-state index contributed by atoms with van der Waals surface area (Å²) < 4.78 is 0. The molecule has 0 aromatic heterocycles. The molecule has 0 unspecified atom stereocenters. The zero-order valence-electron chi connectivity index (χ0n) is 23.0. The number of allylic oxidation sites excluding steroid dienone is 2. The number of benzene rings is 6. The van der Waals surface area contributed by atoms with Crippen molar-refractivity contribution in [3.8, 4) is 11.1 Å². The van der Waals surface area contributed by atoms with Crippen LogP contribution in [0.15, 0.2) is 168 Å². The Morgan fingerprint density at radius 1 is 0.512 bits per heavy atom. The zero-order chi connectivity index (χ0) is 28.0. The van der Waals surface area contributed by atoms with E-state index in [0.29, 0.717) is 5.84 Å². The van der Waals surface area contributed by atoms with E-state index in [2.05, 4.69) is 97.6 Å². The first-order valence-corrected chi connectivity index (χ1v) is 13.8. The van der Waals surface area contributed by atoms with Gasteiger partial charge < -0.3 is 0 Å². The first-order valence-electron chi connectivity index (χ1n) is 13.8. The largest absolute Gasteiger partial charge is 0.233 e. The molecule has 0 saturated carbocycles. The maximum absolute atomic E-state index is 5.09. The van der Waals surface area contributed by atoms with Gasteiger partial charge in [0.05, 0.1) is 5.70 Å². The molecule has 0 aliphatic rings. The molecule has 6 aromatic carbocycles. The van der Waals surface area contributed by atoms with Gasteiger partial charge in [0.1, 0.15) is 0 Å². The summed E-state index contributed by atoms with van der Waals surface area (Å²) in [6.07, 6.45) is 3.73. The summed E-state index contributed by atoms with van der Waals surface area (Å²) in [6, 6.07) is 48.5. The minimum absolute atomic E-state index is 0.659. The van der Waals surface area contributed by atoms with Gasteiger partial charge in [-0.15, -0.1) is 0 Å². The highest BCUT2D eigenvalue weighted by Gasteiger charge is 2.09. The molecule has 0 N–H and O–H groups in total. The normalized spacial score (nSPS) is 12.6. The monoisotopic (exact) mass is 526 g/mol. The van der Waals surface area contributed by atoms with E-state index in [9.17, 15) is 0 Å². The van der Waals surface area contributed by atoms with Crippen molar-refractivity contribution < 1.29 is 0 Å². The van der Waals surface area contributed by atoms with Crippen molar-refractivity contribution in [3.05, 3.63) is 175 Å². The Bertz CT molecular complexity index is 1940. The molecule has 0 saturated heterocycles. The predicted octanol–water partition coefficient (Wildman–Crippen LogP) is 10.1. The third kappa shape index (κ3) is 5.83. The summed E-state index contributed by atoms with van der Waals surface area (Å²) in [5.74, 6) is 0.659. The van der Waals surface area contributed by atoms with E-state index in [0.717, 1.165) is 33.5 Å². The summed E-state index contributed by atoms with van der Waals surface area (Å²) in [6.45, 7) is 5.98. The standard InChI is InChI=1S/C39H30N2/c1-3-12-38(41-39(31-16-8-5-9-17-31)40-28(2)29-13-6-4-7-14-29)37-24-23-35-26-34(21-22-36(35)27-37)33-20-19-30-15-10-11-18-32(30)25-33/h3-27H,1H2,2H3/b38-12+,40-28+,41-39-. The highest BCUT2D eigenvalue weighted by molar-refractivity contribution is 6.12. The number of amidine groups is 1. The van der Waals surface area contributed by atoms with Crippen molar-refractivity contribution in [1.82, 2.24) is 0 Å². The fourth-order valence-corrected chi connectivity index (χ4v) is 5.02. The molecule has 0 spiro atoms. The maximum atomic E-state index is 5.09. The lowest BCUT2D eigenvalue weighted by atomic mass is 9.97. The van der Waals surface area contributed by atoms with Gasteiger partial charge >= 0.3 is 0 Å². The average Bonchev–Trinajstić information content (AvgIpc) is 3.04. The number of nitrogens with zero attached hydrogens (tertiary/aromatic N) is 2. The lowest BCUT2D eigenvalue weighted by Crippen LogP contribution is -2.04. The minimum atomic E-state index is 0.659. The Morgan fingerprint density at radius 3 is 1.73 bits per heavy atom. The van der Waals surface area contributed by atoms with Crippen molar-refractivity contribution in [3.63, 3.8) is 0 Å². The Hall–Kier alpha value is -5.34. The van der Waals surface area contributed by atoms with Crippen LogP contribution >= 0.6 is 0 Å². The first-order chi connectivity index (χ1) is 20.2. The van der Waals surface area contributed by atoms with Crippen molar-refractivity contribution >= 4 is 38.8 Å². The quantitative estimate of drug-likeness (QED) is 0.117. The van der Waals surface area contributed by atoms with Gasteiger partial charge in [-0.05, 0) is 69.4 Å². The van der Waals surface area contributed by atoms with Crippen LogP contribution in [0, 0.1) is 0 Å². The van der Waals surface area contributed by atoms with Gasteiger partial charge in [-0.3, -0.25) is 0 Å². The van der Waals surface area contributed by atoms with Gasteiger partial charge in [0.25, 0.3) is 0 Å². The molecular formula is C39H30N2. The Kier molecular flexibility index (Phi) is 7.46. The topological polar surface area (TPSA) is 24.7 Å². The van der Waals surface area contributed by atoms with Crippen LogP contribution in [-0.2, 0) is 0 Å². The van der Waals surface area contributed by atoms with E-state index in [1.165, 1.54) is 27.3 Å². The predicted molar refractivity (Wildman–Crippen MR) is 177 cm³/mol. The number of hydrogen-bond donors (Lipinski definition) is 0. The highest BCUT2D eigenvalue weighted by atomic mass is 14.9. The average molecular weight is 527 g/mol. The van der Waals surface area contributed by atoms with E-state index in [4.69, 9.17) is 9.98 Å². The smallest absolute Gasteiger partial charge is 0.160 e. The molecule has 41 heavy (non-hydrogen) atoms. The van der Waals surface area contributed by atoms with Crippen LogP contribution in [0.25, 0.3) is 38.4 Å². The van der Waals surface area contributed by atoms with Crippen molar-refractivity contribution in [2.75, 3.05) is 0 Å². The summed E-state index contributed by atoms with van der Waals surface area (Å²) in [4.78, 5) is 10.1. The SMILES string of the molecule is C=C/C=C(/N=C(\N=C(/C)c1ccccc1)c1ccccc1)c1ccc2cc(-c3ccc4ccccc4c3)ccc2c1. The maximum Gasteiger partial charge on any atom is 0.160 e. The molecule has 0 amide bonds. The number of aliphatic imine (C=N–C) groups is 2. The van der Waals surface area contributed by atoms with E-state index in [-0.39, 0.29) is 0 Å². The van der Waals surface area contributed by atoms with Crippen LogP contribution < -0.4 is 0 Å². The van der Waals surface area contributed by atoms with E-state index in [1.807, 2.05) is 61.5 Å². The number of rotatable bonds is 6. The molecule has 2 heteroatoms. The molecule has 0 fully saturated rings. The van der Waals surface area contributed by atoms with Crippen molar-refractivity contribution in [2.24, 2.45) is 9.98 Å². The van der Waals surface area contributed by atoms with E-state index in [1.54, 1.807) is 6.08 Å². The van der Waals surface area contributed by atoms with Gasteiger partial charge in [-0.1, -0.05) is 134 Å². The van der Waals surface area contributed by atoms with Gasteiger partial charge in [-0.25, -0.2) is 9.98 Å². The van der Waals surface area contributed by atoms with Crippen LogP contribution in [-0.4, -0.2) is 11.5 Å². The third-order valence-electron chi connectivity index (χ3n) is 7.22. The van der Waals surface area contributed by atoms with Gasteiger partial charge in [0, 0.05) is 16.8 Å². The Morgan fingerprint density at radius 2 is 1.05 bits per heavy atom. The van der Waals surface area contributed by atoms with Crippen LogP contribution in [0.3, 0.4) is 0 Å². The molecule has 196 valence electrons. The summed E-state index contributed by atoms with van der Waals surface area (Å²) in [7, 11) is 0. The number of fused-ring (bicyclic) bond motifs is 2.